The molecule has 0 aliphatic heterocycles. The quantitative estimate of drug-likeness (QED) is 0.573. The van der Waals surface area contributed by atoms with Crippen LogP contribution < -0.4 is 0 Å². The van der Waals surface area contributed by atoms with Crippen molar-refractivity contribution >= 4 is 16.8 Å². The van der Waals surface area contributed by atoms with Gasteiger partial charge in [0, 0.05) is 0 Å². The van der Waals surface area contributed by atoms with Crippen molar-refractivity contribution < 1.29 is 4.79 Å². The molecule has 0 radical (unpaired) electrons. The largest absolute Gasteiger partial charge is 0.280 e. The van der Waals surface area contributed by atoms with Crippen LogP contribution >= 0.6 is 11.6 Å². The molecule has 1 aliphatic carbocycles. The van der Waals surface area contributed by atoms with Crippen LogP contribution in [0, 0.1) is 5.41 Å². The number of halogens is 1. The lowest BCUT2D eigenvalue weighted by Crippen LogP contribution is -2.23. The molecule has 0 fully saturated rings. The minimum Gasteiger partial charge on any atom is -0.280 e. The van der Waals surface area contributed by atoms with Crippen LogP contribution in [0.15, 0.2) is 23.3 Å². The van der Waals surface area contributed by atoms with Crippen molar-refractivity contribution in [1.82, 2.24) is 0 Å². The molecule has 0 N–H and O–H groups in total. The molecule has 1 rings (SSSR count). The predicted octanol–water partition coefficient (Wildman–Crippen LogP) is 3.05. The molecule has 0 bridgehead atoms. The molecule has 0 aromatic heterocycles. The molecule has 0 aromatic carbocycles. The van der Waals surface area contributed by atoms with Crippen LogP contribution in [-0.4, -0.2) is 5.24 Å². The van der Waals surface area contributed by atoms with E-state index in [1.807, 2.05) is 26.8 Å². The molecule has 66 valence electrons. The maximum Gasteiger partial charge on any atom is 0.231 e. The van der Waals surface area contributed by atoms with E-state index in [0.717, 1.165) is 12.0 Å². The summed E-state index contributed by atoms with van der Waals surface area (Å²) in [5, 5.41) is -0.269. The summed E-state index contributed by atoms with van der Waals surface area (Å²) in [6.45, 7) is 5.89. The van der Waals surface area contributed by atoms with Gasteiger partial charge in [0.05, 0.1) is 5.41 Å². The Hall–Kier alpha value is -0.560. The molecule has 0 saturated carbocycles. The summed E-state index contributed by atoms with van der Waals surface area (Å²) in [5.74, 6) is 0. The molecule has 0 heterocycles. The van der Waals surface area contributed by atoms with Crippen LogP contribution in [0.1, 0.15) is 27.2 Å². The van der Waals surface area contributed by atoms with Gasteiger partial charge in [0.25, 0.3) is 0 Å². The Bertz CT molecular complexity index is 276. The molecule has 2 heteroatoms. The minimum atomic E-state index is -0.482. The molecule has 1 nitrogen and oxygen atoms in total. The second-order valence-electron chi connectivity index (χ2n) is 3.75. The van der Waals surface area contributed by atoms with Crippen molar-refractivity contribution in [2.75, 3.05) is 0 Å². The van der Waals surface area contributed by atoms with E-state index in [0.29, 0.717) is 0 Å². The summed E-state index contributed by atoms with van der Waals surface area (Å²) >= 11 is 5.52. The van der Waals surface area contributed by atoms with E-state index in [1.165, 1.54) is 5.57 Å². The first-order valence-electron chi connectivity index (χ1n) is 4.00. The fourth-order valence-corrected chi connectivity index (χ4v) is 1.86. The lowest BCUT2D eigenvalue weighted by Gasteiger charge is -2.26. The Morgan fingerprint density at radius 3 is 2.58 bits per heavy atom. The van der Waals surface area contributed by atoms with Crippen LogP contribution in [0.5, 0.6) is 0 Å². The maximum atomic E-state index is 11.1. The van der Waals surface area contributed by atoms with Crippen LogP contribution in [0.25, 0.3) is 0 Å². The first-order chi connectivity index (χ1) is 5.44. The zero-order valence-corrected chi connectivity index (χ0v) is 8.40. The fourth-order valence-electron chi connectivity index (χ4n) is 1.74. The third-order valence-electron chi connectivity index (χ3n) is 2.12. The summed E-state index contributed by atoms with van der Waals surface area (Å²) in [6, 6.07) is 0. The normalized spacial score (nSPS) is 29.3. The second kappa shape index (κ2) is 3.06. The average molecular weight is 185 g/mol. The molecule has 1 unspecified atom stereocenters. The lowest BCUT2D eigenvalue weighted by molar-refractivity contribution is -0.117. The zero-order chi connectivity index (χ0) is 9.35. The van der Waals surface area contributed by atoms with Crippen LogP contribution in [-0.2, 0) is 4.79 Å². The molecule has 0 amide bonds. The highest BCUT2D eigenvalue weighted by Gasteiger charge is 2.31. The van der Waals surface area contributed by atoms with Crippen LogP contribution in [0.3, 0.4) is 0 Å². The fraction of sp³-hybridized carbons (Fsp3) is 0.500. The van der Waals surface area contributed by atoms with E-state index in [9.17, 15) is 4.79 Å². The highest BCUT2D eigenvalue weighted by Crippen LogP contribution is 2.35. The van der Waals surface area contributed by atoms with E-state index in [4.69, 9.17) is 11.6 Å². The smallest absolute Gasteiger partial charge is 0.231 e. The summed E-state index contributed by atoms with van der Waals surface area (Å²) < 4.78 is 0. The van der Waals surface area contributed by atoms with Gasteiger partial charge in [0.1, 0.15) is 0 Å². The van der Waals surface area contributed by atoms with Gasteiger partial charge in [-0.3, -0.25) is 4.79 Å². The monoisotopic (exact) mass is 184 g/mol. The maximum absolute atomic E-state index is 11.1. The van der Waals surface area contributed by atoms with Crippen LogP contribution in [0.4, 0.5) is 0 Å². The summed E-state index contributed by atoms with van der Waals surface area (Å²) in [5.41, 5.74) is 1.85. The molecule has 0 saturated heterocycles. The second-order valence-corrected chi connectivity index (χ2v) is 4.09. The van der Waals surface area contributed by atoms with Gasteiger partial charge < -0.3 is 0 Å². The number of rotatable bonds is 1. The van der Waals surface area contributed by atoms with E-state index in [1.54, 1.807) is 0 Å². The SMILES string of the molecule is CC1=CC(C)(C(=O)Cl)CC(C)=C1. The molecular weight excluding hydrogens is 172 g/mol. The van der Waals surface area contributed by atoms with Crippen molar-refractivity contribution in [2.45, 2.75) is 27.2 Å². The van der Waals surface area contributed by atoms with Crippen molar-refractivity contribution in [3.63, 3.8) is 0 Å². The first kappa shape index (κ1) is 9.53. The third kappa shape index (κ3) is 1.78. The number of allylic oxidation sites excluding steroid dienone is 4. The van der Waals surface area contributed by atoms with Gasteiger partial charge in [-0.15, -0.1) is 0 Å². The third-order valence-corrected chi connectivity index (χ3v) is 2.55. The lowest BCUT2D eigenvalue weighted by atomic mass is 9.79. The average Bonchev–Trinajstić information content (AvgIpc) is 1.82. The Balaban J connectivity index is 3.00. The number of carbonyl (C=O) groups is 1. The Morgan fingerprint density at radius 2 is 2.17 bits per heavy atom. The van der Waals surface area contributed by atoms with Gasteiger partial charge in [0.2, 0.25) is 5.24 Å². The highest BCUT2D eigenvalue weighted by atomic mass is 35.5. The Labute approximate surface area is 78.1 Å². The Kier molecular flexibility index (Phi) is 2.43. The van der Waals surface area contributed by atoms with E-state index < -0.39 is 5.41 Å². The topological polar surface area (TPSA) is 17.1 Å². The van der Waals surface area contributed by atoms with Gasteiger partial charge in [-0.05, 0) is 38.8 Å². The highest BCUT2D eigenvalue weighted by molar-refractivity contribution is 6.65. The van der Waals surface area contributed by atoms with Crippen molar-refractivity contribution in [3.05, 3.63) is 23.3 Å². The molecule has 1 atom stereocenters. The zero-order valence-electron chi connectivity index (χ0n) is 7.65. The molecular formula is C10H13ClO. The standard InChI is InChI=1S/C10H13ClO/c1-7-4-8(2)6-10(3,5-7)9(11)12/h4-5H,6H2,1-3H3. The van der Waals surface area contributed by atoms with Crippen LogP contribution in [0.2, 0.25) is 0 Å². The minimum absolute atomic E-state index is 0.269. The summed E-state index contributed by atoms with van der Waals surface area (Å²) in [7, 11) is 0. The Morgan fingerprint density at radius 1 is 1.58 bits per heavy atom. The molecule has 0 spiro atoms. The first-order valence-corrected chi connectivity index (χ1v) is 4.38. The molecule has 1 aliphatic rings. The summed E-state index contributed by atoms with van der Waals surface area (Å²) in [6.07, 6.45) is 4.77. The number of hydrogen-bond donors (Lipinski definition) is 0. The van der Waals surface area contributed by atoms with Gasteiger partial charge in [-0.25, -0.2) is 0 Å². The van der Waals surface area contributed by atoms with E-state index in [-0.39, 0.29) is 5.24 Å². The van der Waals surface area contributed by atoms with Crippen molar-refractivity contribution in [1.29, 1.82) is 0 Å². The molecule has 0 aromatic rings. The van der Waals surface area contributed by atoms with Crippen molar-refractivity contribution in [3.8, 4) is 0 Å². The van der Waals surface area contributed by atoms with Gasteiger partial charge >= 0.3 is 0 Å². The van der Waals surface area contributed by atoms with E-state index >= 15 is 0 Å². The van der Waals surface area contributed by atoms with E-state index in [2.05, 4.69) is 6.08 Å². The number of carbonyl (C=O) groups excluding carboxylic acids is 1. The van der Waals surface area contributed by atoms with Gasteiger partial charge in [0.15, 0.2) is 0 Å². The predicted molar refractivity (Wildman–Crippen MR) is 51.1 cm³/mol. The molecule has 12 heavy (non-hydrogen) atoms. The summed E-state index contributed by atoms with van der Waals surface area (Å²) in [4.78, 5) is 11.1. The van der Waals surface area contributed by atoms with Gasteiger partial charge in [-0.1, -0.05) is 23.3 Å². The van der Waals surface area contributed by atoms with Crippen molar-refractivity contribution in [2.24, 2.45) is 5.41 Å². The number of hydrogen-bond acceptors (Lipinski definition) is 1. The van der Waals surface area contributed by atoms with Gasteiger partial charge in [-0.2, -0.15) is 0 Å².